The summed E-state index contributed by atoms with van der Waals surface area (Å²) < 4.78 is 5.27. The van der Waals surface area contributed by atoms with Crippen molar-refractivity contribution in [2.24, 2.45) is 5.92 Å². The number of carbonyl (C=O) groups excluding carboxylic acids is 1. The second-order valence-electron chi connectivity index (χ2n) is 4.71. The molecule has 2 rings (SSSR count). The summed E-state index contributed by atoms with van der Waals surface area (Å²) in [7, 11) is 0. The predicted octanol–water partition coefficient (Wildman–Crippen LogP) is 0.280. The van der Waals surface area contributed by atoms with Gasteiger partial charge in [0.15, 0.2) is 0 Å². The molecule has 1 saturated heterocycles. The molecule has 4 nitrogen and oxygen atoms in total. The van der Waals surface area contributed by atoms with Crippen molar-refractivity contribution in [2.45, 2.75) is 38.3 Å². The summed E-state index contributed by atoms with van der Waals surface area (Å²) in [6, 6.07) is 0.242. The van der Waals surface area contributed by atoms with Gasteiger partial charge in [0.1, 0.15) is 6.04 Å². The van der Waals surface area contributed by atoms with Crippen LogP contribution in [-0.4, -0.2) is 37.7 Å². The average molecular weight is 212 g/mol. The van der Waals surface area contributed by atoms with E-state index in [-0.39, 0.29) is 11.9 Å². The van der Waals surface area contributed by atoms with Crippen LogP contribution >= 0.6 is 0 Å². The third-order valence-electron chi connectivity index (χ3n) is 3.28. The third kappa shape index (κ3) is 2.92. The van der Waals surface area contributed by atoms with Crippen LogP contribution in [0.1, 0.15) is 26.2 Å². The lowest BCUT2D eigenvalue weighted by Gasteiger charge is -2.24. The van der Waals surface area contributed by atoms with Crippen LogP contribution in [0.25, 0.3) is 0 Å². The fraction of sp³-hybridized carbons (Fsp3) is 0.909. The van der Waals surface area contributed by atoms with Gasteiger partial charge in [0, 0.05) is 12.6 Å². The third-order valence-corrected chi connectivity index (χ3v) is 3.28. The first-order chi connectivity index (χ1) is 7.25. The molecule has 1 saturated carbocycles. The molecular weight excluding hydrogens is 192 g/mol. The van der Waals surface area contributed by atoms with E-state index in [1.54, 1.807) is 0 Å². The first-order valence-corrected chi connectivity index (χ1v) is 5.87. The molecule has 0 aromatic carbocycles. The minimum absolute atomic E-state index is 0.105. The number of hydrogen-bond donors (Lipinski definition) is 2. The fourth-order valence-corrected chi connectivity index (χ4v) is 2.37. The number of hydrogen-bond acceptors (Lipinski definition) is 3. The van der Waals surface area contributed by atoms with E-state index >= 15 is 0 Å². The normalized spacial score (nSPS) is 36.5. The Morgan fingerprint density at radius 1 is 1.47 bits per heavy atom. The van der Waals surface area contributed by atoms with E-state index in [0.29, 0.717) is 19.3 Å². The topological polar surface area (TPSA) is 50.4 Å². The number of carbonyl (C=O) groups is 1. The number of amides is 1. The van der Waals surface area contributed by atoms with Gasteiger partial charge in [-0.15, -0.1) is 0 Å². The van der Waals surface area contributed by atoms with Crippen molar-refractivity contribution in [3.8, 4) is 0 Å². The summed E-state index contributed by atoms with van der Waals surface area (Å²) in [5, 5.41) is 6.26. The molecule has 3 atom stereocenters. The van der Waals surface area contributed by atoms with Crippen LogP contribution in [0, 0.1) is 5.92 Å². The van der Waals surface area contributed by atoms with Crippen molar-refractivity contribution in [3.05, 3.63) is 0 Å². The van der Waals surface area contributed by atoms with E-state index in [4.69, 9.17) is 4.74 Å². The Hall–Kier alpha value is -0.610. The van der Waals surface area contributed by atoms with Gasteiger partial charge in [-0.3, -0.25) is 4.79 Å². The summed E-state index contributed by atoms with van der Waals surface area (Å²) in [5.41, 5.74) is 0. The zero-order chi connectivity index (χ0) is 10.7. The first kappa shape index (κ1) is 10.9. The smallest absolute Gasteiger partial charge is 0.239 e. The highest BCUT2D eigenvalue weighted by Crippen LogP contribution is 2.24. The molecular formula is C11H20N2O2. The lowest BCUT2D eigenvalue weighted by Crippen LogP contribution is -2.53. The van der Waals surface area contributed by atoms with Crippen LogP contribution in [0.4, 0.5) is 0 Å². The maximum Gasteiger partial charge on any atom is 0.239 e. The lowest BCUT2D eigenvalue weighted by molar-refractivity contribution is -0.126. The monoisotopic (exact) mass is 212 g/mol. The molecule has 4 heteroatoms. The first-order valence-electron chi connectivity index (χ1n) is 5.87. The molecule has 1 aliphatic heterocycles. The summed E-state index contributed by atoms with van der Waals surface area (Å²) in [6.07, 6.45) is 3.49. The highest BCUT2D eigenvalue weighted by molar-refractivity contribution is 5.82. The van der Waals surface area contributed by atoms with Gasteiger partial charge in [0.05, 0.1) is 13.2 Å². The van der Waals surface area contributed by atoms with Crippen LogP contribution in [0.3, 0.4) is 0 Å². The minimum atomic E-state index is -0.144. The Bertz CT molecular complexity index is 227. The second kappa shape index (κ2) is 4.94. The van der Waals surface area contributed by atoms with E-state index in [1.165, 1.54) is 6.42 Å². The Kier molecular flexibility index (Phi) is 3.59. The molecule has 1 amide bonds. The lowest BCUT2D eigenvalue weighted by atomic mass is 10.1. The zero-order valence-corrected chi connectivity index (χ0v) is 9.29. The molecule has 2 aliphatic rings. The number of rotatable bonds is 2. The van der Waals surface area contributed by atoms with Crippen molar-refractivity contribution in [1.82, 2.24) is 10.6 Å². The molecule has 86 valence electrons. The quantitative estimate of drug-likeness (QED) is 0.691. The molecule has 3 unspecified atom stereocenters. The second-order valence-corrected chi connectivity index (χ2v) is 4.71. The van der Waals surface area contributed by atoms with E-state index in [0.717, 1.165) is 25.3 Å². The van der Waals surface area contributed by atoms with E-state index in [9.17, 15) is 4.79 Å². The standard InChI is InChI=1S/C11H20N2O2/c1-8-2-3-9(6-8)13-11(14)10-7-15-5-4-12-10/h8-10,12H,2-7H2,1H3,(H,13,14). The van der Waals surface area contributed by atoms with E-state index in [1.807, 2.05) is 0 Å². The van der Waals surface area contributed by atoms with Gasteiger partial charge in [-0.1, -0.05) is 6.92 Å². The van der Waals surface area contributed by atoms with Crippen molar-refractivity contribution in [2.75, 3.05) is 19.8 Å². The fourth-order valence-electron chi connectivity index (χ4n) is 2.37. The molecule has 0 aromatic heterocycles. The molecule has 0 aromatic rings. The van der Waals surface area contributed by atoms with Crippen molar-refractivity contribution in [1.29, 1.82) is 0 Å². The Labute approximate surface area is 90.8 Å². The summed E-state index contributed by atoms with van der Waals surface area (Å²) >= 11 is 0. The average Bonchev–Trinajstić information content (AvgIpc) is 2.65. The molecule has 0 bridgehead atoms. The molecule has 0 spiro atoms. The van der Waals surface area contributed by atoms with Gasteiger partial charge in [-0.2, -0.15) is 0 Å². The Morgan fingerprint density at radius 3 is 2.93 bits per heavy atom. The van der Waals surface area contributed by atoms with Gasteiger partial charge in [0.2, 0.25) is 5.91 Å². The number of nitrogens with one attached hydrogen (secondary N) is 2. The summed E-state index contributed by atoms with van der Waals surface area (Å²) in [5.74, 6) is 0.861. The van der Waals surface area contributed by atoms with Gasteiger partial charge in [0.25, 0.3) is 0 Å². The van der Waals surface area contributed by atoms with Gasteiger partial charge >= 0.3 is 0 Å². The zero-order valence-electron chi connectivity index (χ0n) is 9.29. The molecule has 0 radical (unpaired) electrons. The van der Waals surface area contributed by atoms with E-state index < -0.39 is 0 Å². The summed E-state index contributed by atoms with van der Waals surface area (Å²) in [4.78, 5) is 11.8. The van der Waals surface area contributed by atoms with Crippen molar-refractivity contribution >= 4 is 5.91 Å². The maximum atomic E-state index is 11.8. The largest absolute Gasteiger partial charge is 0.378 e. The highest BCUT2D eigenvalue weighted by atomic mass is 16.5. The molecule has 2 N–H and O–H groups in total. The van der Waals surface area contributed by atoms with Crippen LogP contribution in [0.15, 0.2) is 0 Å². The van der Waals surface area contributed by atoms with Gasteiger partial charge < -0.3 is 15.4 Å². The van der Waals surface area contributed by atoms with Crippen molar-refractivity contribution < 1.29 is 9.53 Å². The predicted molar refractivity (Wildman–Crippen MR) is 57.6 cm³/mol. The highest BCUT2D eigenvalue weighted by Gasteiger charge is 2.27. The van der Waals surface area contributed by atoms with Crippen LogP contribution < -0.4 is 10.6 Å². The molecule has 15 heavy (non-hydrogen) atoms. The SMILES string of the molecule is CC1CCC(NC(=O)C2COCCN2)C1. The van der Waals surface area contributed by atoms with Crippen LogP contribution in [0.2, 0.25) is 0 Å². The van der Waals surface area contributed by atoms with Crippen molar-refractivity contribution in [3.63, 3.8) is 0 Å². The number of ether oxygens (including phenoxy) is 1. The van der Waals surface area contributed by atoms with Gasteiger partial charge in [-0.25, -0.2) is 0 Å². The summed E-state index contributed by atoms with van der Waals surface area (Å²) in [6.45, 7) is 4.24. The van der Waals surface area contributed by atoms with Gasteiger partial charge in [-0.05, 0) is 25.2 Å². The Balaban J connectivity index is 1.76. The van der Waals surface area contributed by atoms with Crippen LogP contribution in [0.5, 0.6) is 0 Å². The maximum absolute atomic E-state index is 11.8. The minimum Gasteiger partial charge on any atom is -0.378 e. The molecule has 1 heterocycles. The molecule has 2 fully saturated rings. The number of morpholine rings is 1. The van der Waals surface area contributed by atoms with Crippen LogP contribution in [-0.2, 0) is 9.53 Å². The molecule has 1 aliphatic carbocycles. The Morgan fingerprint density at radius 2 is 2.33 bits per heavy atom. The van der Waals surface area contributed by atoms with E-state index in [2.05, 4.69) is 17.6 Å².